The fraction of sp³-hybridized carbons (Fsp3) is 0.333. The molecule has 3 heterocycles. The number of carbonyl (C=O) groups is 2. The van der Waals surface area contributed by atoms with Gasteiger partial charge >= 0.3 is 6.09 Å². The molecule has 6 rings (SSSR count). The first-order valence-electron chi connectivity index (χ1n) is 13.7. The standard InChI is InChI=1S/C30H30ClN5O6S/c1-6-41-24-13-18(43(5,39)40)15-32-26(24)34-25-19-9-7-16(11-23(19)36(35-25)28(38)42-29(2,3)4)21-14-30(21)20-12-17(31)8-10-22(20)33-27(30)37/h7-13,15,21H,6,14H2,1-5H3,(H,33,37)(H,32,34,35)/t21-,30-/m0/s1. The summed E-state index contributed by atoms with van der Waals surface area (Å²) in [6.07, 6.45) is 2.23. The highest BCUT2D eigenvalue weighted by molar-refractivity contribution is 7.90. The second-order valence-electron chi connectivity index (χ2n) is 11.7. The van der Waals surface area contributed by atoms with Crippen molar-refractivity contribution < 1.29 is 27.5 Å². The molecule has 2 aliphatic rings. The summed E-state index contributed by atoms with van der Waals surface area (Å²) in [7, 11) is -3.52. The molecule has 0 unspecified atom stereocenters. The third kappa shape index (κ3) is 5.08. The highest BCUT2D eigenvalue weighted by atomic mass is 35.5. The monoisotopic (exact) mass is 623 g/mol. The van der Waals surface area contributed by atoms with Crippen molar-refractivity contribution in [3.05, 3.63) is 64.8 Å². The minimum absolute atomic E-state index is 0.00691. The quantitative estimate of drug-likeness (QED) is 0.273. The van der Waals surface area contributed by atoms with E-state index in [9.17, 15) is 18.0 Å². The predicted molar refractivity (Wildman–Crippen MR) is 162 cm³/mol. The zero-order chi connectivity index (χ0) is 30.9. The number of fused-ring (bicyclic) bond motifs is 3. The minimum atomic E-state index is -3.52. The summed E-state index contributed by atoms with van der Waals surface area (Å²) in [4.78, 5) is 30.8. The van der Waals surface area contributed by atoms with E-state index >= 15 is 0 Å². The average molecular weight is 624 g/mol. The van der Waals surface area contributed by atoms with Gasteiger partial charge in [0.2, 0.25) is 5.91 Å². The number of sulfone groups is 1. The fourth-order valence-corrected chi connectivity index (χ4v) is 6.29. The summed E-state index contributed by atoms with van der Waals surface area (Å²) < 4.78 is 36.7. The van der Waals surface area contributed by atoms with E-state index in [0.717, 1.165) is 23.1 Å². The molecule has 1 aliphatic carbocycles. The van der Waals surface area contributed by atoms with E-state index in [1.54, 1.807) is 33.8 Å². The predicted octanol–water partition coefficient (Wildman–Crippen LogP) is 5.79. The smallest absolute Gasteiger partial charge is 0.435 e. The normalized spacial score (nSPS) is 19.3. The number of nitrogens with zero attached hydrogens (tertiary/aromatic N) is 3. The van der Waals surface area contributed by atoms with Crippen molar-refractivity contribution in [1.29, 1.82) is 0 Å². The van der Waals surface area contributed by atoms with Gasteiger partial charge < -0.3 is 20.1 Å². The molecule has 1 aliphatic heterocycles. The lowest BCUT2D eigenvalue weighted by Gasteiger charge is -2.19. The molecule has 2 atom stereocenters. The van der Waals surface area contributed by atoms with Crippen LogP contribution in [0.4, 0.5) is 22.1 Å². The van der Waals surface area contributed by atoms with Gasteiger partial charge in [0.15, 0.2) is 27.2 Å². The Labute approximate surface area is 253 Å². The number of aromatic nitrogens is 3. The van der Waals surface area contributed by atoms with Gasteiger partial charge in [0, 0.05) is 40.5 Å². The van der Waals surface area contributed by atoms with Gasteiger partial charge in [-0.15, -0.1) is 5.10 Å². The Morgan fingerprint density at radius 2 is 1.95 bits per heavy atom. The van der Waals surface area contributed by atoms with Gasteiger partial charge in [0.25, 0.3) is 0 Å². The molecule has 1 saturated carbocycles. The third-order valence-electron chi connectivity index (χ3n) is 7.54. The van der Waals surface area contributed by atoms with Crippen molar-refractivity contribution in [2.45, 2.75) is 55.9 Å². The van der Waals surface area contributed by atoms with Gasteiger partial charge in [0.05, 0.1) is 22.4 Å². The molecule has 0 bridgehead atoms. The van der Waals surface area contributed by atoms with Crippen LogP contribution < -0.4 is 15.4 Å². The number of benzene rings is 2. The number of ether oxygens (including phenoxy) is 2. The zero-order valence-electron chi connectivity index (χ0n) is 24.2. The Kier molecular flexibility index (Phi) is 6.70. The number of carbonyl (C=O) groups excluding carboxylic acids is 2. The number of halogens is 1. The molecular formula is C30H30ClN5O6S. The molecular weight excluding hydrogens is 594 g/mol. The number of amides is 1. The van der Waals surface area contributed by atoms with Crippen LogP contribution in [0, 0.1) is 0 Å². The maximum absolute atomic E-state index is 13.3. The lowest BCUT2D eigenvalue weighted by molar-refractivity contribution is -0.118. The van der Waals surface area contributed by atoms with Crippen molar-refractivity contribution in [2.75, 3.05) is 23.5 Å². The van der Waals surface area contributed by atoms with Crippen molar-refractivity contribution in [3.8, 4) is 5.75 Å². The zero-order valence-corrected chi connectivity index (χ0v) is 25.8. The van der Waals surface area contributed by atoms with Crippen LogP contribution in [-0.4, -0.2) is 53.6 Å². The summed E-state index contributed by atoms with van der Waals surface area (Å²) >= 11 is 6.28. The van der Waals surface area contributed by atoms with Crippen LogP contribution in [0.5, 0.6) is 5.75 Å². The summed E-state index contributed by atoms with van der Waals surface area (Å²) in [6, 6.07) is 12.4. The molecule has 1 amide bonds. The maximum Gasteiger partial charge on any atom is 0.435 e. The first kappa shape index (κ1) is 28.9. The Morgan fingerprint density at radius 1 is 1.19 bits per heavy atom. The van der Waals surface area contributed by atoms with Crippen LogP contribution >= 0.6 is 11.6 Å². The second-order valence-corrected chi connectivity index (χ2v) is 14.2. The van der Waals surface area contributed by atoms with Crippen LogP contribution in [0.15, 0.2) is 53.6 Å². The molecule has 224 valence electrons. The molecule has 1 fully saturated rings. The van der Waals surface area contributed by atoms with E-state index in [4.69, 9.17) is 21.1 Å². The van der Waals surface area contributed by atoms with Crippen molar-refractivity contribution in [3.63, 3.8) is 0 Å². The molecule has 0 saturated heterocycles. The first-order chi connectivity index (χ1) is 20.2. The van der Waals surface area contributed by atoms with Gasteiger partial charge in [-0.25, -0.2) is 18.2 Å². The van der Waals surface area contributed by atoms with Gasteiger partial charge in [-0.2, -0.15) is 4.68 Å². The van der Waals surface area contributed by atoms with Gasteiger partial charge in [-0.3, -0.25) is 4.79 Å². The van der Waals surface area contributed by atoms with Crippen LogP contribution in [0.2, 0.25) is 5.02 Å². The van der Waals surface area contributed by atoms with E-state index in [2.05, 4.69) is 20.7 Å². The van der Waals surface area contributed by atoms with Crippen LogP contribution in [0.1, 0.15) is 51.2 Å². The number of anilines is 3. The fourth-order valence-electron chi connectivity index (χ4n) is 5.55. The van der Waals surface area contributed by atoms with Crippen molar-refractivity contribution in [1.82, 2.24) is 14.8 Å². The number of nitrogens with one attached hydrogen (secondary N) is 2. The molecule has 43 heavy (non-hydrogen) atoms. The summed E-state index contributed by atoms with van der Waals surface area (Å²) in [5, 5.41) is 11.8. The van der Waals surface area contributed by atoms with Crippen LogP contribution in [0.3, 0.4) is 0 Å². The van der Waals surface area contributed by atoms with Gasteiger partial charge in [-0.1, -0.05) is 17.7 Å². The largest absolute Gasteiger partial charge is 0.490 e. The molecule has 13 heteroatoms. The highest BCUT2D eigenvalue weighted by Crippen LogP contribution is 2.65. The van der Waals surface area contributed by atoms with E-state index < -0.39 is 26.9 Å². The number of hydrogen-bond acceptors (Lipinski definition) is 9. The average Bonchev–Trinajstić information content (AvgIpc) is 3.49. The van der Waals surface area contributed by atoms with E-state index in [1.807, 2.05) is 30.3 Å². The van der Waals surface area contributed by atoms with Crippen LogP contribution in [0.25, 0.3) is 10.9 Å². The molecule has 0 radical (unpaired) electrons. The Hall–Kier alpha value is -4.16. The SMILES string of the molecule is CCOc1cc(S(C)(=O)=O)cnc1Nc1nn(C(=O)OC(C)(C)C)c2cc([C@@H]3C[C@@]34C(=O)Nc3ccc(Cl)cc34)ccc12. The van der Waals surface area contributed by atoms with Gasteiger partial charge in [-0.05, 0) is 75.6 Å². The molecule has 1 spiro atoms. The number of hydrogen-bond donors (Lipinski definition) is 2. The maximum atomic E-state index is 13.3. The summed E-state index contributed by atoms with van der Waals surface area (Å²) in [6.45, 7) is 7.33. The second kappa shape index (κ2) is 9.95. The van der Waals surface area contributed by atoms with Gasteiger partial charge in [0.1, 0.15) is 5.60 Å². The summed E-state index contributed by atoms with van der Waals surface area (Å²) in [5.41, 5.74) is 1.43. The molecule has 2 N–H and O–H groups in total. The molecule has 4 aromatic rings. The number of pyridine rings is 1. The Morgan fingerprint density at radius 3 is 2.65 bits per heavy atom. The topological polar surface area (TPSA) is 142 Å². The lowest BCUT2D eigenvalue weighted by Crippen LogP contribution is -2.27. The molecule has 2 aromatic carbocycles. The first-order valence-corrected chi connectivity index (χ1v) is 16.0. The Bertz CT molecular complexity index is 1930. The number of rotatable bonds is 6. The lowest BCUT2D eigenvalue weighted by atomic mass is 9.92. The van der Waals surface area contributed by atoms with E-state index in [-0.39, 0.29) is 40.7 Å². The molecule has 11 nitrogen and oxygen atoms in total. The molecule has 2 aromatic heterocycles. The summed E-state index contributed by atoms with van der Waals surface area (Å²) in [5.74, 6) is 0.516. The van der Waals surface area contributed by atoms with E-state index in [1.165, 1.54) is 16.9 Å². The van der Waals surface area contributed by atoms with Crippen molar-refractivity contribution in [2.24, 2.45) is 0 Å². The van der Waals surface area contributed by atoms with Crippen LogP contribution in [-0.2, 0) is 24.8 Å². The third-order valence-corrected chi connectivity index (χ3v) is 8.86. The van der Waals surface area contributed by atoms with E-state index in [0.29, 0.717) is 22.3 Å². The highest BCUT2D eigenvalue weighted by Gasteiger charge is 2.65. The Balaban J connectivity index is 1.43. The van der Waals surface area contributed by atoms with Crippen molar-refractivity contribution >= 4 is 61.7 Å². The minimum Gasteiger partial charge on any atom is -0.490 e.